The Labute approximate surface area is 166 Å². The van der Waals surface area contributed by atoms with Crippen molar-refractivity contribution < 1.29 is 14.3 Å². The molecule has 2 aliphatic heterocycles. The van der Waals surface area contributed by atoms with Crippen LogP contribution in [0.25, 0.3) is 0 Å². The van der Waals surface area contributed by atoms with E-state index in [0.717, 1.165) is 42.9 Å². The number of hydrogen-bond acceptors (Lipinski definition) is 4. The topological polar surface area (TPSA) is 50.8 Å². The van der Waals surface area contributed by atoms with Crippen molar-refractivity contribution in [2.24, 2.45) is 5.92 Å². The maximum absolute atomic E-state index is 13.1. The average Bonchev–Trinajstić information content (AvgIpc) is 3.35. The molecule has 2 aromatic rings. The van der Waals surface area contributed by atoms with Gasteiger partial charge in [0.1, 0.15) is 11.5 Å². The molecule has 2 saturated heterocycles. The van der Waals surface area contributed by atoms with Crippen molar-refractivity contribution in [3.05, 3.63) is 59.7 Å². The van der Waals surface area contributed by atoms with E-state index in [0.29, 0.717) is 18.6 Å². The standard InChI is InChI=1S/C23H28N2O3/c1-27-21-11-6-12-22(28-2)18(21)15-24-23(26)17-14-20(16-8-4-3-5-9-16)25-13-7-10-19(17)25/h3-6,8-9,11-12,17,19-20H,7,10,13-15H2,1-2H3,(H,24,26)/t17-,19+,20-/m0/s1. The van der Waals surface area contributed by atoms with Crippen LogP contribution >= 0.6 is 0 Å². The summed E-state index contributed by atoms with van der Waals surface area (Å²) in [5, 5.41) is 3.15. The monoisotopic (exact) mass is 380 g/mol. The van der Waals surface area contributed by atoms with Gasteiger partial charge in [0.05, 0.1) is 32.2 Å². The number of ether oxygens (including phenoxy) is 2. The molecule has 2 heterocycles. The van der Waals surface area contributed by atoms with Gasteiger partial charge < -0.3 is 14.8 Å². The summed E-state index contributed by atoms with van der Waals surface area (Å²) in [5.41, 5.74) is 2.19. The Bertz CT molecular complexity index is 802. The summed E-state index contributed by atoms with van der Waals surface area (Å²) in [4.78, 5) is 15.6. The molecule has 0 aromatic heterocycles. The number of fused-ring (bicyclic) bond motifs is 1. The first kappa shape index (κ1) is 18.8. The van der Waals surface area contributed by atoms with E-state index in [9.17, 15) is 4.79 Å². The molecule has 2 fully saturated rings. The minimum absolute atomic E-state index is 0.0217. The van der Waals surface area contributed by atoms with Crippen molar-refractivity contribution in [3.8, 4) is 11.5 Å². The molecule has 1 amide bonds. The highest BCUT2D eigenvalue weighted by molar-refractivity contribution is 5.80. The Hall–Kier alpha value is -2.53. The van der Waals surface area contributed by atoms with E-state index in [4.69, 9.17) is 9.47 Å². The molecule has 3 atom stereocenters. The SMILES string of the molecule is COc1cccc(OC)c1CNC(=O)[C@H]1C[C@@H](c2ccccc2)N2CCC[C@H]12. The van der Waals surface area contributed by atoms with Gasteiger partial charge in [-0.15, -0.1) is 0 Å². The molecule has 0 bridgehead atoms. The summed E-state index contributed by atoms with van der Waals surface area (Å²) in [6.45, 7) is 1.49. The number of amides is 1. The van der Waals surface area contributed by atoms with Gasteiger partial charge in [-0.1, -0.05) is 36.4 Å². The molecule has 0 spiro atoms. The highest BCUT2D eigenvalue weighted by Gasteiger charge is 2.46. The van der Waals surface area contributed by atoms with Crippen LogP contribution < -0.4 is 14.8 Å². The minimum Gasteiger partial charge on any atom is -0.496 e. The third kappa shape index (κ3) is 3.47. The van der Waals surface area contributed by atoms with Crippen LogP contribution in [0.4, 0.5) is 0 Å². The smallest absolute Gasteiger partial charge is 0.225 e. The summed E-state index contributed by atoms with van der Waals surface area (Å²) in [7, 11) is 3.27. The fraction of sp³-hybridized carbons (Fsp3) is 0.435. The summed E-state index contributed by atoms with van der Waals surface area (Å²) in [6.07, 6.45) is 3.14. The van der Waals surface area contributed by atoms with Crippen molar-refractivity contribution in [3.63, 3.8) is 0 Å². The maximum atomic E-state index is 13.1. The van der Waals surface area contributed by atoms with Gasteiger partial charge in [-0.05, 0) is 43.5 Å². The molecular formula is C23H28N2O3. The third-order valence-corrected chi connectivity index (χ3v) is 6.17. The zero-order valence-electron chi connectivity index (χ0n) is 16.6. The molecule has 2 aliphatic rings. The average molecular weight is 380 g/mol. The lowest BCUT2D eigenvalue weighted by Gasteiger charge is -2.24. The van der Waals surface area contributed by atoms with Crippen molar-refractivity contribution >= 4 is 5.91 Å². The minimum atomic E-state index is 0.0217. The van der Waals surface area contributed by atoms with Crippen LogP contribution in [-0.4, -0.2) is 37.6 Å². The van der Waals surface area contributed by atoms with Crippen LogP contribution in [0.2, 0.25) is 0 Å². The third-order valence-electron chi connectivity index (χ3n) is 6.17. The van der Waals surface area contributed by atoms with Crippen LogP contribution in [0, 0.1) is 5.92 Å². The van der Waals surface area contributed by atoms with Gasteiger partial charge in [0.2, 0.25) is 5.91 Å². The Morgan fingerprint density at radius 1 is 1.07 bits per heavy atom. The molecule has 4 rings (SSSR count). The maximum Gasteiger partial charge on any atom is 0.225 e. The lowest BCUT2D eigenvalue weighted by Crippen LogP contribution is -2.37. The number of nitrogens with one attached hydrogen (secondary N) is 1. The van der Waals surface area contributed by atoms with Gasteiger partial charge in [0.25, 0.3) is 0 Å². The van der Waals surface area contributed by atoms with Crippen LogP contribution in [-0.2, 0) is 11.3 Å². The van der Waals surface area contributed by atoms with Crippen molar-refractivity contribution in [1.82, 2.24) is 10.2 Å². The first-order valence-corrected chi connectivity index (χ1v) is 10.0. The highest BCUT2D eigenvalue weighted by Crippen LogP contribution is 2.45. The second kappa shape index (κ2) is 8.23. The van der Waals surface area contributed by atoms with Crippen LogP contribution in [0.1, 0.15) is 36.4 Å². The van der Waals surface area contributed by atoms with Crippen LogP contribution in [0.3, 0.4) is 0 Å². The number of carbonyl (C=O) groups is 1. The normalized spacial score (nSPS) is 24.0. The number of carbonyl (C=O) groups excluding carboxylic acids is 1. The summed E-state index contributed by atoms with van der Waals surface area (Å²) >= 11 is 0. The summed E-state index contributed by atoms with van der Waals surface area (Å²) in [6, 6.07) is 16.9. The van der Waals surface area contributed by atoms with Crippen molar-refractivity contribution in [1.29, 1.82) is 0 Å². The molecule has 2 aromatic carbocycles. The zero-order chi connectivity index (χ0) is 19.5. The van der Waals surface area contributed by atoms with Gasteiger partial charge in [-0.2, -0.15) is 0 Å². The first-order chi connectivity index (χ1) is 13.7. The van der Waals surface area contributed by atoms with E-state index in [1.807, 2.05) is 24.3 Å². The summed E-state index contributed by atoms with van der Waals surface area (Å²) in [5.74, 6) is 1.61. The summed E-state index contributed by atoms with van der Waals surface area (Å²) < 4.78 is 10.9. The van der Waals surface area contributed by atoms with E-state index < -0.39 is 0 Å². The van der Waals surface area contributed by atoms with Crippen molar-refractivity contribution in [2.75, 3.05) is 20.8 Å². The second-order valence-electron chi connectivity index (χ2n) is 7.57. The number of benzene rings is 2. The molecule has 28 heavy (non-hydrogen) atoms. The molecule has 0 radical (unpaired) electrons. The molecule has 1 N–H and O–H groups in total. The fourth-order valence-electron chi connectivity index (χ4n) is 4.86. The van der Waals surface area contributed by atoms with Crippen LogP contribution in [0.15, 0.2) is 48.5 Å². The molecule has 5 heteroatoms. The van der Waals surface area contributed by atoms with Gasteiger partial charge in [-0.25, -0.2) is 0 Å². The second-order valence-corrected chi connectivity index (χ2v) is 7.57. The molecule has 0 saturated carbocycles. The molecular weight excluding hydrogens is 352 g/mol. The Morgan fingerprint density at radius 2 is 1.79 bits per heavy atom. The number of hydrogen-bond donors (Lipinski definition) is 1. The lowest BCUT2D eigenvalue weighted by atomic mass is 9.93. The number of nitrogens with zero attached hydrogens (tertiary/aromatic N) is 1. The fourth-order valence-corrected chi connectivity index (χ4v) is 4.86. The first-order valence-electron chi connectivity index (χ1n) is 10.0. The van der Waals surface area contributed by atoms with Gasteiger partial charge >= 0.3 is 0 Å². The van der Waals surface area contributed by atoms with E-state index in [1.54, 1.807) is 14.2 Å². The Balaban J connectivity index is 1.48. The molecule has 0 unspecified atom stereocenters. The van der Waals surface area contributed by atoms with E-state index in [1.165, 1.54) is 5.56 Å². The highest BCUT2D eigenvalue weighted by atomic mass is 16.5. The van der Waals surface area contributed by atoms with Gasteiger partial charge in [0, 0.05) is 12.1 Å². The van der Waals surface area contributed by atoms with Crippen LogP contribution in [0.5, 0.6) is 11.5 Å². The van der Waals surface area contributed by atoms with E-state index >= 15 is 0 Å². The lowest BCUT2D eigenvalue weighted by molar-refractivity contribution is -0.125. The Kier molecular flexibility index (Phi) is 5.53. The number of rotatable bonds is 6. The Morgan fingerprint density at radius 3 is 2.46 bits per heavy atom. The molecule has 0 aliphatic carbocycles. The quantitative estimate of drug-likeness (QED) is 0.833. The molecule has 5 nitrogen and oxygen atoms in total. The van der Waals surface area contributed by atoms with Gasteiger partial charge in [-0.3, -0.25) is 9.69 Å². The van der Waals surface area contributed by atoms with E-state index in [-0.39, 0.29) is 11.8 Å². The van der Waals surface area contributed by atoms with Gasteiger partial charge in [0.15, 0.2) is 0 Å². The zero-order valence-corrected chi connectivity index (χ0v) is 16.6. The van der Waals surface area contributed by atoms with E-state index in [2.05, 4.69) is 34.5 Å². The number of methoxy groups -OCH3 is 2. The predicted octanol–water partition coefficient (Wildman–Crippen LogP) is 3.55. The largest absolute Gasteiger partial charge is 0.496 e. The predicted molar refractivity (Wildman–Crippen MR) is 108 cm³/mol. The van der Waals surface area contributed by atoms with Crippen molar-refractivity contribution in [2.45, 2.75) is 37.9 Å². The molecule has 148 valence electrons.